The number of ether oxygens (including phenoxy) is 5. The zero-order chi connectivity index (χ0) is 27.6. The van der Waals surface area contributed by atoms with Gasteiger partial charge in [0.15, 0.2) is 0 Å². The first-order chi connectivity index (χ1) is 18.7. The fraction of sp³-hybridized carbons (Fsp3) is 0.367. The van der Waals surface area contributed by atoms with Crippen molar-refractivity contribution in [3.8, 4) is 34.1 Å². The molecule has 8 nitrogen and oxygen atoms in total. The van der Waals surface area contributed by atoms with Gasteiger partial charge in [0.2, 0.25) is 0 Å². The van der Waals surface area contributed by atoms with E-state index in [0.717, 1.165) is 44.9 Å². The molecule has 0 saturated carbocycles. The molecule has 0 N–H and O–H groups in total. The summed E-state index contributed by atoms with van der Waals surface area (Å²) in [4.78, 5) is 11.7. The third-order valence-corrected chi connectivity index (χ3v) is 7.96. The largest absolute Gasteiger partial charge is 0.494 e. The molecule has 0 fully saturated rings. The first-order valence-electron chi connectivity index (χ1n) is 12.9. The van der Waals surface area contributed by atoms with E-state index in [1.165, 1.54) is 13.4 Å². The molecule has 39 heavy (non-hydrogen) atoms. The number of carbonyl (C=O) groups is 1. The average Bonchev–Trinajstić information content (AvgIpc) is 3.30. The predicted octanol–water partition coefficient (Wildman–Crippen LogP) is 4.99. The van der Waals surface area contributed by atoms with Crippen molar-refractivity contribution in [3.63, 3.8) is 0 Å². The van der Waals surface area contributed by atoms with E-state index in [2.05, 4.69) is 6.07 Å². The van der Waals surface area contributed by atoms with Crippen molar-refractivity contribution in [1.82, 2.24) is 0 Å². The molecule has 0 unspecified atom stereocenters. The van der Waals surface area contributed by atoms with Crippen LogP contribution in [0.4, 0.5) is 0 Å². The fourth-order valence-corrected chi connectivity index (χ4v) is 5.67. The van der Waals surface area contributed by atoms with E-state index in [0.29, 0.717) is 50.8 Å². The fourth-order valence-electron chi connectivity index (χ4n) is 5.03. The number of fused-ring (bicyclic) bond motifs is 4. The Labute approximate surface area is 228 Å². The molecule has 0 aromatic heterocycles. The van der Waals surface area contributed by atoms with E-state index in [1.54, 1.807) is 0 Å². The molecular formula is C30H32O8S. The van der Waals surface area contributed by atoms with Gasteiger partial charge in [0.25, 0.3) is 0 Å². The first-order valence-corrected chi connectivity index (χ1v) is 14.9. The minimum Gasteiger partial charge on any atom is -0.494 e. The van der Waals surface area contributed by atoms with Crippen LogP contribution < -0.4 is 18.9 Å². The molecule has 3 aromatic rings. The van der Waals surface area contributed by atoms with Gasteiger partial charge in [-0.2, -0.15) is 0 Å². The van der Waals surface area contributed by atoms with Gasteiger partial charge >= 0.3 is 5.97 Å². The zero-order valence-electron chi connectivity index (χ0n) is 22.3. The normalized spacial score (nSPS) is 15.3. The lowest BCUT2D eigenvalue weighted by Gasteiger charge is -2.24. The van der Waals surface area contributed by atoms with Crippen molar-refractivity contribution in [2.75, 3.05) is 32.3 Å². The van der Waals surface area contributed by atoms with Crippen LogP contribution in [0.1, 0.15) is 41.0 Å². The quantitative estimate of drug-likeness (QED) is 0.257. The first kappa shape index (κ1) is 26.9. The van der Waals surface area contributed by atoms with E-state index in [4.69, 9.17) is 23.7 Å². The molecule has 0 bridgehead atoms. The van der Waals surface area contributed by atoms with Gasteiger partial charge in [0, 0.05) is 34.9 Å². The third-order valence-electron chi connectivity index (χ3n) is 6.93. The molecule has 9 heteroatoms. The van der Waals surface area contributed by atoms with Crippen molar-refractivity contribution in [2.45, 2.75) is 38.9 Å². The van der Waals surface area contributed by atoms with E-state index in [9.17, 15) is 13.2 Å². The Hall–Kier alpha value is -3.72. The highest BCUT2D eigenvalue weighted by atomic mass is 32.2. The van der Waals surface area contributed by atoms with Crippen LogP contribution in [0.25, 0.3) is 11.1 Å². The Balaban J connectivity index is 1.27. The summed E-state index contributed by atoms with van der Waals surface area (Å²) in [5, 5.41) is 0. The van der Waals surface area contributed by atoms with E-state index in [-0.39, 0.29) is 17.6 Å². The lowest BCUT2D eigenvalue weighted by atomic mass is 9.91. The summed E-state index contributed by atoms with van der Waals surface area (Å²) in [6.45, 7) is 3.63. The molecule has 2 aliphatic heterocycles. The summed E-state index contributed by atoms with van der Waals surface area (Å²) in [5.74, 6) is 2.79. The van der Waals surface area contributed by atoms with Crippen molar-refractivity contribution in [1.29, 1.82) is 0 Å². The maximum atomic E-state index is 11.7. The Morgan fingerprint density at radius 3 is 2.64 bits per heavy atom. The second kappa shape index (κ2) is 11.2. The molecule has 206 valence electrons. The van der Waals surface area contributed by atoms with Crippen molar-refractivity contribution >= 4 is 15.8 Å². The average molecular weight is 553 g/mol. The summed E-state index contributed by atoms with van der Waals surface area (Å²) in [7, 11) is -1.61. The minimum absolute atomic E-state index is 0.0103. The van der Waals surface area contributed by atoms with E-state index in [1.807, 2.05) is 49.4 Å². The molecule has 0 radical (unpaired) electrons. The van der Waals surface area contributed by atoms with Gasteiger partial charge in [-0.1, -0.05) is 12.1 Å². The molecule has 3 aromatic carbocycles. The van der Waals surface area contributed by atoms with Crippen LogP contribution in [0.2, 0.25) is 0 Å². The Bertz CT molecular complexity index is 1500. The maximum Gasteiger partial charge on any atom is 0.306 e. The topological polar surface area (TPSA) is 97.4 Å². The monoisotopic (exact) mass is 552 g/mol. The summed E-state index contributed by atoms with van der Waals surface area (Å²) >= 11 is 0. The number of hydrogen-bond donors (Lipinski definition) is 0. The highest BCUT2D eigenvalue weighted by Crippen LogP contribution is 2.42. The summed E-state index contributed by atoms with van der Waals surface area (Å²) in [6.07, 6.45) is 1.97. The van der Waals surface area contributed by atoms with Crippen LogP contribution in [-0.2, 0) is 32.6 Å². The summed E-state index contributed by atoms with van der Waals surface area (Å²) < 4.78 is 51.2. The van der Waals surface area contributed by atoms with Crippen LogP contribution in [0.5, 0.6) is 23.0 Å². The molecule has 2 heterocycles. The van der Waals surface area contributed by atoms with E-state index < -0.39 is 9.84 Å². The number of esters is 1. The lowest BCUT2D eigenvalue weighted by Crippen LogP contribution is -2.10. The second-order valence-electron chi connectivity index (χ2n) is 10.0. The van der Waals surface area contributed by atoms with Crippen molar-refractivity contribution in [2.24, 2.45) is 0 Å². The number of sulfone groups is 1. The number of methoxy groups -OCH3 is 1. The lowest BCUT2D eigenvalue weighted by molar-refractivity contribution is -0.141. The van der Waals surface area contributed by atoms with Gasteiger partial charge in [-0.05, 0) is 60.4 Å². The smallest absolute Gasteiger partial charge is 0.306 e. The predicted molar refractivity (Wildman–Crippen MR) is 146 cm³/mol. The summed E-state index contributed by atoms with van der Waals surface area (Å²) in [6, 6.07) is 15.7. The SMILES string of the molecule is COC(=O)C[C@@H]1COc2cc(OCc3ccc4c(c3)-c3c(C)cc(OCCCS(C)(=O)=O)cc3CO4)ccc21. The maximum absolute atomic E-state index is 11.7. The number of rotatable bonds is 10. The van der Waals surface area contributed by atoms with Gasteiger partial charge in [-0.25, -0.2) is 8.42 Å². The van der Waals surface area contributed by atoms with Crippen LogP contribution in [0.3, 0.4) is 0 Å². The number of benzene rings is 3. The third kappa shape index (κ3) is 6.30. The zero-order valence-corrected chi connectivity index (χ0v) is 23.1. The van der Waals surface area contributed by atoms with Gasteiger partial charge < -0.3 is 23.7 Å². The molecule has 0 saturated heterocycles. The van der Waals surface area contributed by atoms with Crippen molar-refractivity contribution < 1.29 is 36.9 Å². The second-order valence-corrected chi connectivity index (χ2v) is 12.3. The highest BCUT2D eigenvalue weighted by molar-refractivity contribution is 7.90. The van der Waals surface area contributed by atoms with Gasteiger partial charge in [0.05, 0.1) is 32.5 Å². The van der Waals surface area contributed by atoms with Crippen LogP contribution in [0.15, 0.2) is 48.5 Å². The molecule has 2 aliphatic rings. The molecule has 0 spiro atoms. The minimum atomic E-state index is -3.00. The standard InChI is InChI=1S/C30H32O8S/c1-19-11-24(35-9-4-10-39(3,32)33)13-22-18-37-27-8-5-20(12-26(27)30(19)22)16-36-23-6-7-25-21(14-29(31)34-2)17-38-28(25)15-23/h5-8,11-13,15,21H,4,9-10,14,16-18H2,1-3H3/t21-/m1/s1. The van der Waals surface area contributed by atoms with Gasteiger partial charge in [-0.3, -0.25) is 4.79 Å². The molecule has 5 rings (SSSR count). The summed E-state index contributed by atoms with van der Waals surface area (Å²) in [5.41, 5.74) is 6.19. The highest BCUT2D eigenvalue weighted by Gasteiger charge is 2.27. The number of carbonyl (C=O) groups excluding carboxylic acids is 1. The van der Waals surface area contributed by atoms with Crippen LogP contribution >= 0.6 is 0 Å². The van der Waals surface area contributed by atoms with Crippen LogP contribution in [0, 0.1) is 6.92 Å². The Morgan fingerprint density at radius 2 is 1.85 bits per heavy atom. The Kier molecular flexibility index (Phi) is 7.70. The molecule has 0 amide bonds. The van der Waals surface area contributed by atoms with Crippen molar-refractivity contribution in [3.05, 3.63) is 70.8 Å². The molecular weight excluding hydrogens is 520 g/mol. The molecule has 0 aliphatic carbocycles. The molecule has 1 atom stereocenters. The number of hydrogen-bond acceptors (Lipinski definition) is 8. The number of aryl methyl sites for hydroxylation is 1. The van der Waals surface area contributed by atoms with Crippen LogP contribution in [-0.4, -0.2) is 46.7 Å². The van der Waals surface area contributed by atoms with Gasteiger partial charge in [-0.15, -0.1) is 0 Å². The van der Waals surface area contributed by atoms with Gasteiger partial charge in [0.1, 0.15) is 46.0 Å². The Morgan fingerprint density at radius 1 is 1.00 bits per heavy atom. The van der Waals surface area contributed by atoms with E-state index >= 15 is 0 Å².